The average molecular weight is 341 g/mol. The molecule has 0 saturated heterocycles. The third kappa shape index (κ3) is 6.10. The lowest BCUT2D eigenvalue weighted by Gasteiger charge is -2.17. The summed E-state index contributed by atoms with van der Waals surface area (Å²) in [5.41, 5.74) is 2.76. The zero-order valence-corrected chi connectivity index (χ0v) is 15.3. The normalized spacial score (nSPS) is 10.4. The van der Waals surface area contributed by atoms with Gasteiger partial charge in [0.25, 0.3) is 5.91 Å². The number of rotatable bonds is 9. The maximum Gasteiger partial charge on any atom is 0.253 e. The first-order valence-corrected chi connectivity index (χ1v) is 8.74. The van der Waals surface area contributed by atoms with Gasteiger partial charge in [0.2, 0.25) is 0 Å². The molecule has 1 amide bonds. The van der Waals surface area contributed by atoms with Gasteiger partial charge in [-0.3, -0.25) is 9.78 Å². The highest BCUT2D eigenvalue weighted by Gasteiger charge is 2.12. The van der Waals surface area contributed by atoms with Crippen molar-refractivity contribution in [1.29, 1.82) is 0 Å². The molecule has 0 unspecified atom stereocenters. The fraction of sp³-hybridized carbons (Fsp3) is 0.400. The summed E-state index contributed by atoms with van der Waals surface area (Å²) in [6, 6.07) is 9.58. The first-order chi connectivity index (χ1) is 12.1. The molecular weight excluding hydrogens is 314 g/mol. The molecule has 0 atom stereocenters. The van der Waals surface area contributed by atoms with E-state index in [1.165, 1.54) is 0 Å². The number of ether oxygens (including phenoxy) is 1. The zero-order chi connectivity index (χ0) is 18.1. The minimum absolute atomic E-state index is 0.0368. The molecule has 1 N–H and O–H groups in total. The molecule has 0 saturated carbocycles. The summed E-state index contributed by atoms with van der Waals surface area (Å²) in [5.74, 6) is 0.784. The molecule has 134 valence electrons. The van der Waals surface area contributed by atoms with E-state index in [1.807, 2.05) is 44.3 Å². The first kappa shape index (κ1) is 18.8. The summed E-state index contributed by atoms with van der Waals surface area (Å²) in [5, 5.41) is 3.32. The molecular formula is C20H27N3O2. The second-order valence-corrected chi connectivity index (χ2v) is 6.13. The van der Waals surface area contributed by atoms with Crippen LogP contribution in [0.1, 0.15) is 35.7 Å². The van der Waals surface area contributed by atoms with Gasteiger partial charge in [-0.25, -0.2) is 0 Å². The largest absolute Gasteiger partial charge is 0.493 e. The molecule has 0 spiro atoms. The molecule has 5 heteroatoms. The van der Waals surface area contributed by atoms with Crippen LogP contribution in [0.25, 0.3) is 0 Å². The number of hydrogen-bond donors (Lipinski definition) is 1. The third-order valence-corrected chi connectivity index (χ3v) is 3.80. The number of amides is 1. The Kier molecular flexibility index (Phi) is 7.26. The van der Waals surface area contributed by atoms with E-state index in [1.54, 1.807) is 17.3 Å². The Balaban J connectivity index is 1.84. The smallest absolute Gasteiger partial charge is 0.253 e. The number of aryl methyl sites for hydroxylation is 1. The minimum Gasteiger partial charge on any atom is -0.493 e. The Morgan fingerprint density at radius 3 is 2.72 bits per heavy atom. The fourth-order valence-electron chi connectivity index (χ4n) is 2.58. The Morgan fingerprint density at radius 2 is 2.00 bits per heavy atom. The number of benzene rings is 1. The summed E-state index contributed by atoms with van der Waals surface area (Å²) >= 11 is 0. The van der Waals surface area contributed by atoms with E-state index < -0.39 is 0 Å². The molecule has 2 aromatic rings. The van der Waals surface area contributed by atoms with Gasteiger partial charge in [-0.1, -0.05) is 6.92 Å². The van der Waals surface area contributed by atoms with E-state index in [2.05, 4.69) is 17.2 Å². The lowest BCUT2D eigenvalue weighted by molar-refractivity contribution is 0.0794. The van der Waals surface area contributed by atoms with Gasteiger partial charge >= 0.3 is 0 Å². The van der Waals surface area contributed by atoms with Gasteiger partial charge in [0, 0.05) is 43.8 Å². The van der Waals surface area contributed by atoms with Crippen molar-refractivity contribution in [2.45, 2.75) is 26.7 Å². The van der Waals surface area contributed by atoms with Crippen molar-refractivity contribution in [3.05, 3.63) is 53.9 Å². The van der Waals surface area contributed by atoms with Crippen LogP contribution in [0.4, 0.5) is 5.69 Å². The molecule has 1 heterocycles. The van der Waals surface area contributed by atoms with Gasteiger partial charge in [-0.05, 0) is 55.7 Å². The Hall–Kier alpha value is -2.56. The lowest BCUT2D eigenvalue weighted by Crippen LogP contribution is -2.27. The van der Waals surface area contributed by atoms with Crippen LogP contribution in [0.3, 0.4) is 0 Å². The number of nitrogens with zero attached hydrogens (tertiary/aromatic N) is 2. The van der Waals surface area contributed by atoms with Crippen LogP contribution in [0.15, 0.2) is 42.7 Å². The van der Waals surface area contributed by atoms with Crippen LogP contribution in [-0.4, -0.2) is 42.5 Å². The second kappa shape index (κ2) is 9.67. The monoisotopic (exact) mass is 341 g/mol. The molecule has 0 aliphatic heterocycles. The van der Waals surface area contributed by atoms with E-state index >= 15 is 0 Å². The quantitative estimate of drug-likeness (QED) is 0.706. The zero-order valence-electron chi connectivity index (χ0n) is 15.3. The topological polar surface area (TPSA) is 54.5 Å². The van der Waals surface area contributed by atoms with Gasteiger partial charge in [-0.15, -0.1) is 0 Å². The number of aromatic nitrogens is 1. The maximum atomic E-state index is 12.4. The molecule has 0 bridgehead atoms. The summed E-state index contributed by atoms with van der Waals surface area (Å²) in [7, 11) is 1.83. The summed E-state index contributed by atoms with van der Waals surface area (Å²) in [6.45, 7) is 6.22. The van der Waals surface area contributed by atoms with Gasteiger partial charge < -0.3 is 15.0 Å². The molecule has 1 aromatic heterocycles. The molecule has 2 rings (SSSR count). The molecule has 0 fully saturated rings. The Morgan fingerprint density at radius 1 is 1.24 bits per heavy atom. The molecule has 1 aromatic carbocycles. The van der Waals surface area contributed by atoms with Crippen molar-refractivity contribution < 1.29 is 9.53 Å². The number of anilines is 1. The molecule has 5 nitrogen and oxygen atoms in total. The summed E-state index contributed by atoms with van der Waals surface area (Å²) < 4.78 is 5.83. The third-order valence-electron chi connectivity index (χ3n) is 3.80. The van der Waals surface area contributed by atoms with Crippen molar-refractivity contribution in [2.24, 2.45) is 0 Å². The standard InChI is InChI=1S/C20H27N3O2/c1-4-11-23(3)20(24)17-13-16(2)14-19(15-17)25-12-5-8-22-18-6-9-21-10-7-18/h6-7,9-10,13-15H,4-5,8,11-12H2,1-3H3,(H,21,22). The Bertz CT molecular complexity index is 674. The van der Waals surface area contributed by atoms with Gasteiger partial charge in [-0.2, -0.15) is 0 Å². The van der Waals surface area contributed by atoms with Crippen LogP contribution in [-0.2, 0) is 0 Å². The van der Waals surface area contributed by atoms with Crippen molar-refractivity contribution in [1.82, 2.24) is 9.88 Å². The highest BCUT2D eigenvalue weighted by molar-refractivity contribution is 5.94. The van der Waals surface area contributed by atoms with Crippen LogP contribution in [0, 0.1) is 6.92 Å². The molecule has 0 aliphatic carbocycles. The van der Waals surface area contributed by atoms with E-state index in [9.17, 15) is 4.79 Å². The predicted octanol–water partition coefficient (Wildman–Crippen LogP) is 3.75. The minimum atomic E-state index is 0.0368. The van der Waals surface area contributed by atoms with Crippen molar-refractivity contribution in [2.75, 3.05) is 32.1 Å². The average Bonchev–Trinajstić information content (AvgIpc) is 2.61. The highest BCUT2D eigenvalue weighted by Crippen LogP contribution is 2.18. The van der Waals surface area contributed by atoms with Crippen LogP contribution in [0.2, 0.25) is 0 Å². The predicted molar refractivity (Wildman–Crippen MR) is 101 cm³/mol. The SMILES string of the molecule is CCCN(C)C(=O)c1cc(C)cc(OCCCNc2ccncc2)c1. The lowest BCUT2D eigenvalue weighted by atomic mass is 10.1. The van der Waals surface area contributed by atoms with Crippen molar-refractivity contribution in [3.8, 4) is 5.75 Å². The number of pyridine rings is 1. The van der Waals surface area contributed by atoms with Gasteiger partial charge in [0.1, 0.15) is 5.75 Å². The van der Waals surface area contributed by atoms with E-state index in [0.29, 0.717) is 12.2 Å². The first-order valence-electron chi connectivity index (χ1n) is 8.74. The highest BCUT2D eigenvalue weighted by atomic mass is 16.5. The van der Waals surface area contributed by atoms with Crippen LogP contribution in [0.5, 0.6) is 5.75 Å². The Labute approximate surface area is 150 Å². The number of carbonyl (C=O) groups excluding carboxylic acids is 1. The van der Waals surface area contributed by atoms with Crippen LogP contribution < -0.4 is 10.1 Å². The van der Waals surface area contributed by atoms with Crippen LogP contribution >= 0.6 is 0 Å². The van der Waals surface area contributed by atoms with E-state index in [0.717, 1.165) is 42.9 Å². The van der Waals surface area contributed by atoms with E-state index in [4.69, 9.17) is 4.74 Å². The van der Waals surface area contributed by atoms with Gasteiger partial charge in [0.15, 0.2) is 0 Å². The summed E-state index contributed by atoms with van der Waals surface area (Å²) in [6.07, 6.45) is 5.34. The number of hydrogen-bond acceptors (Lipinski definition) is 4. The summed E-state index contributed by atoms with van der Waals surface area (Å²) in [4.78, 5) is 18.2. The maximum absolute atomic E-state index is 12.4. The number of carbonyl (C=O) groups is 1. The molecule has 0 aliphatic rings. The second-order valence-electron chi connectivity index (χ2n) is 6.13. The van der Waals surface area contributed by atoms with Crippen molar-refractivity contribution >= 4 is 11.6 Å². The van der Waals surface area contributed by atoms with E-state index in [-0.39, 0.29) is 5.91 Å². The fourth-order valence-corrected chi connectivity index (χ4v) is 2.58. The van der Waals surface area contributed by atoms with Crippen molar-refractivity contribution in [3.63, 3.8) is 0 Å². The molecule has 0 radical (unpaired) electrons. The molecule has 25 heavy (non-hydrogen) atoms. The number of nitrogens with one attached hydrogen (secondary N) is 1. The van der Waals surface area contributed by atoms with Gasteiger partial charge in [0.05, 0.1) is 6.61 Å².